The fourth-order valence-electron chi connectivity index (χ4n) is 3.47. The first-order valence-corrected chi connectivity index (χ1v) is 10.2. The van der Waals surface area contributed by atoms with E-state index in [1.165, 1.54) is 25.3 Å². The Bertz CT molecular complexity index is 1100. The molecule has 0 saturated carbocycles. The number of nitro groups is 1. The van der Waals surface area contributed by atoms with Crippen molar-refractivity contribution in [3.05, 3.63) is 69.4 Å². The minimum absolute atomic E-state index is 0.0384. The van der Waals surface area contributed by atoms with E-state index in [2.05, 4.69) is 16.0 Å². The topological polar surface area (TPSA) is 115 Å². The summed E-state index contributed by atoms with van der Waals surface area (Å²) in [6.45, 7) is 3.89. The van der Waals surface area contributed by atoms with Crippen molar-refractivity contribution in [3.8, 4) is 11.5 Å². The van der Waals surface area contributed by atoms with Crippen LogP contribution in [0.15, 0.2) is 53.7 Å². The molecule has 0 fully saturated rings. The number of allylic oxidation sites excluding steroid dienone is 1. The molecular weight excluding hydrogens is 432 g/mol. The van der Waals surface area contributed by atoms with Crippen LogP contribution in [0.5, 0.6) is 11.5 Å². The number of non-ortho nitro benzene ring substituents is 1. The number of hydrogen-bond acceptors (Lipinski definition) is 6. The highest BCUT2D eigenvalue weighted by Crippen LogP contribution is 2.35. The summed E-state index contributed by atoms with van der Waals surface area (Å²) in [5, 5.41) is 20.5. The predicted molar refractivity (Wildman–Crippen MR) is 125 cm³/mol. The summed E-state index contributed by atoms with van der Waals surface area (Å²) < 4.78 is 10.7. The van der Waals surface area contributed by atoms with Crippen LogP contribution in [-0.4, -0.2) is 30.2 Å². The lowest BCUT2D eigenvalue weighted by molar-refractivity contribution is -0.384. The molecule has 0 aromatic heterocycles. The third-order valence-corrected chi connectivity index (χ3v) is 5.20. The number of ether oxygens (including phenoxy) is 2. The van der Waals surface area contributed by atoms with E-state index >= 15 is 0 Å². The van der Waals surface area contributed by atoms with Gasteiger partial charge < -0.3 is 25.4 Å². The number of methoxy groups -OCH3 is 2. The van der Waals surface area contributed by atoms with Gasteiger partial charge in [0.1, 0.15) is 0 Å². The van der Waals surface area contributed by atoms with E-state index in [1.54, 1.807) is 25.3 Å². The normalized spacial score (nSPS) is 15.7. The van der Waals surface area contributed by atoms with Crippen LogP contribution in [-0.2, 0) is 4.79 Å². The molecule has 1 atom stereocenters. The Balaban J connectivity index is 2.06. The molecule has 0 bridgehead atoms. The lowest BCUT2D eigenvalue weighted by Gasteiger charge is -2.33. The zero-order valence-corrected chi connectivity index (χ0v) is 18.9. The lowest BCUT2D eigenvalue weighted by atomic mass is 9.90. The number of nitro benzene ring substituents is 1. The summed E-state index contributed by atoms with van der Waals surface area (Å²) in [6.07, 6.45) is 0. The van der Waals surface area contributed by atoms with Crippen molar-refractivity contribution >= 4 is 34.6 Å². The highest BCUT2D eigenvalue weighted by molar-refractivity contribution is 7.80. The van der Waals surface area contributed by atoms with E-state index < -0.39 is 16.9 Å². The molecular formula is C22H24N4O5S. The molecule has 1 unspecified atom stereocenters. The summed E-state index contributed by atoms with van der Waals surface area (Å²) in [5.74, 6) is 0.629. The van der Waals surface area contributed by atoms with Gasteiger partial charge in [0.05, 0.1) is 30.8 Å². The van der Waals surface area contributed by atoms with Crippen molar-refractivity contribution in [1.29, 1.82) is 0 Å². The van der Waals surface area contributed by atoms with Gasteiger partial charge in [-0.05, 0) is 41.9 Å². The van der Waals surface area contributed by atoms with Crippen molar-refractivity contribution in [2.75, 3.05) is 19.5 Å². The molecule has 0 aliphatic carbocycles. The average Bonchev–Trinajstić information content (AvgIpc) is 2.77. The third-order valence-electron chi connectivity index (χ3n) is 4.98. The van der Waals surface area contributed by atoms with E-state index in [0.29, 0.717) is 33.6 Å². The zero-order valence-electron chi connectivity index (χ0n) is 18.1. The first-order valence-electron chi connectivity index (χ1n) is 9.84. The van der Waals surface area contributed by atoms with Gasteiger partial charge in [0, 0.05) is 23.5 Å². The number of hydrogen-bond donors (Lipinski definition) is 3. The molecule has 0 radical (unpaired) electrons. The number of amides is 1. The highest BCUT2D eigenvalue weighted by atomic mass is 32.1. The number of benzene rings is 2. The Labute approximate surface area is 190 Å². The molecule has 2 aromatic carbocycles. The molecule has 1 amide bonds. The molecule has 1 heterocycles. The minimum Gasteiger partial charge on any atom is -0.493 e. The standard InChI is InChI=1S/C22H24N4O5S/c1-12(2)19-18(21(27)23-14-6-5-7-15(11-14)26(28)29)20(25-22(32)24-19)13-8-9-16(30-3)17(10-13)31-4/h5-12,20H,1-4H3,(H,23,27)(H2,24,25,32). The quantitative estimate of drug-likeness (QED) is 0.328. The fourth-order valence-corrected chi connectivity index (χ4v) is 3.70. The van der Waals surface area contributed by atoms with Gasteiger partial charge in [-0.2, -0.15) is 0 Å². The van der Waals surface area contributed by atoms with Crippen molar-refractivity contribution in [2.24, 2.45) is 5.92 Å². The van der Waals surface area contributed by atoms with E-state index in [-0.39, 0.29) is 11.6 Å². The van der Waals surface area contributed by atoms with Gasteiger partial charge in [-0.15, -0.1) is 0 Å². The van der Waals surface area contributed by atoms with Gasteiger partial charge in [-0.3, -0.25) is 14.9 Å². The summed E-state index contributed by atoms with van der Waals surface area (Å²) in [4.78, 5) is 24.0. The van der Waals surface area contributed by atoms with Gasteiger partial charge in [-0.1, -0.05) is 26.0 Å². The number of nitrogens with zero attached hydrogens (tertiary/aromatic N) is 1. The van der Waals surface area contributed by atoms with Crippen LogP contribution in [0.3, 0.4) is 0 Å². The molecule has 0 spiro atoms. The zero-order chi connectivity index (χ0) is 23.4. The van der Waals surface area contributed by atoms with Gasteiger partial charge in [0.15, 0.2) is 16.6 Å². The maximum atomic E-state index is 13.4. The molecule has 32 heavy (non-hydrogen) atoms. The molecule has 168 valence electrons. The summed E-state index contributed by atoms with van der Waals surface area (Å²) in [6, 6.07) is 10.6. The van der Waals surface area contributed by atoms with Gasteiger partial charge in [-0.25, -0.2) is 0 Å². The molecule has 0 saturated heterocycles. The van der Waals surface area contributed by atoms with Gasteiger partial charge >= 0.3 is 0 Å². The van der Waals surface area contributed by atoms with Crippen LogP contribution in [0.4, 0.5) is 11.4 Å². The van der Waals surface area contributed by atoms with E-state index in [4.69, 9.17) is 21.7 Å². The predicted octanol–water partition coefficient (Wildman–Crippen LogP) is 3.68. The van der Waals surface area contributed by atoms with Crippen molar-refractivity contribution < 1.29 is 19.2 Å². The van der Waals surface area contributed by atoms with Crippen molar-refractivity contribution in [2.45, 2.75) is 19.9 Å². The first kappa shape index (κ1) is 23.0. The number of rotatable bonds is 7. The summed E-state index contributed by atoms with van der Waals surface area (Å²) in [5.41, 5.74) is 2.04. The Hall–Kier alpha value is -3.66. The second-order valence-electron chi connectivity index (χ2n) is 7.39. The van der Waals surface area contributed by atoms with Crippen LogP contribution in [0.2, 0.25) is 0 Å². The monoisotopic (exact) mass is 456 g/mol. The Morgan fingerprint density at radius 3 is 2.50 bits per heavy atom. The largest absolute Gasteiger partial charge is 0.493 e. The average molecular weight is 457 g/mol. The second-order valence-corrected chi connectivity index (χ2v) is 7.80. The third kappa shape index (κ3) is 4.80. The summed E-state index contributed by atoms with van der Waals surface area (Å²) >= 11 is 5.38. The number of carbonyl (C=O) groups is 1. The number of thiocarbonyl (C=S) groups is 1. The lowest BCUT2D eigenvalue weighted by Crippen LogP contribution is -2.47. The van der Waals surface area contributed by atoms with Crippen molar-refractivity contribution in [3.63, 3.8) is 0 Å². The van der Waals surface area contributed by atoms with Crippen LogP contribution < -0.4 is 25.4 Å². The smallest absolute Gasteiger partial charge is 0.271 e. The van der Waals surface area contributed by atoms with Gasteiger partial charge in [0.2, 0.25) is 0 Å². The van der Waals surface area contributed by atoms with Crippen LogP contribution in [0.25, 0.3) is 0 Å². The SMILES string of the molecule is COc1ccc(C2NC(=S)NC(C(C)C)=C2C(=O)Nc2cccc([N+](=O)[O-])c2)cc1OC. The molecule has 10 heteroatoms. The second kappa shape index (κ2) is 9.65. The van der Waals surface area contributed by atoms with Crippen LogP contribution in [0.1, 0.15) is 25.5 Å². The Morgan fingerprint density at radius 1 is 1.16 bits per heavy atom. The molecule has 3 N–H and O–H groups in total. The maximum absolute atomic E-state index is 13.4. The Kier molecular flexibility index (Phi) is 6.94. The number of nitrogens with one attached hydrogen (secondary N) is 3. The molecule has 9 nitrogen and oxygen atoms in total. The van der Waals surface area contributed by atoms with Crippen molar-refractivity contribution in [1.82, 2.24) is 10.6 Å². The molecule has 3 rings (SSSR count). The Morgan fingerprint density at radius 2 is 1.88 bits per heavy atom. The number of anilines is 1. The van der Waals surface area contributed by atoms with Gasteiger partial charge in [0.25, 0.3) is 11.6 Å². The highest BCUT2D eigenvalue weighted by Gasteiger charge is 2.33. The van der Waals surface area contributed by atoms with E-state index in [9.17, 15) is 14.9 Å². The number of carbonyl (C=O) groups excluding carboxylic acids is 1. The minimum atomic E-state index is -0.570. The molecule has 1 aliphatic rings. The van der Waals surface area contributed by atoms with E-state index in [1.807, 2.05) is 19.9 Å². The first-order chi connectivity index (χ1) is 15.2. The van der Waals surface area contributed by atoms with Crippen LogP contribution in [0, 0.1) is 16.0 Å². The molecule has 1 aliphatic heterocycles. The maximum Gasteiger partial charge on any atom is 0.271 e. The molecule has 2 aromatic rings. The fraction of sp³-hybridized carbons (Fsp3) is 0.273. The summed E-state index contributed by atoms with van der Waals surface area (Å²) in [7, 11) is 3.08. The van der Waals surface area contributed by atoms with E-state index in [0.717, 1.165) is 5.56 Å². The van der Waals surface area contributed by atoms with Crippen LogP contribution >= 0.6 is 12.2 Å².